The predicted octanol–water partition coefficient (Wildman–Crippen LogP) is 5.37. The zero-order valence-corrected chi connectivity index (χ0v) is 14.9. The van der Waals surface area contributed by atoms with Gasteiger partial charge < -0.3 is 9.64 Å². The molecule has 128 valence electrons. The second-order valence-corrected chi connectivity index (χ2v) is 6.73. The molecule has 0 amide bonds. The number of hydrogen-bond donors (Lipinski definition) is 0. The van der Waals surface area contributed by atoms with Gasteiger partial charge in [-0.05, 0) is 61.1 Å². The Labute approximate surface area is 145 Å². The molecule has 0 bridgehead atoms. The molecule has 1 saturated carbocycles. The van der Waals surface area contributed by atoms with Crippen LogP contribution < -0.4 is 9.64 Å². The van der Waals surface area contributed by atoms with Crippen LogP contribution in [0.2, 0.25) is 0 Å². The highest BCUT2D eigenvalue weighted by Gasteiger charge is 2.15. The molecular weight excluding hydrogens is 296 g/mol. The third-order valence-electron chi connectivity index (χ3n) is 5.06. The van der Waals surface area contributed by atoms with Gasteiger partial charge in [-0.2, -0.15) is 0 Å². The zero-order chi connectivity index (χ0) is 16.8. The van der Waals surface area contributed by atoms with Crippen LogP contribution in [0.25, 0.3) is 0 Å². The lowest BCUT2D eigenvalue weighted by Gasteiger charge is -2.24. The first-order valence-electron chi connectivity index (χ1n) is 9.17. The van der Waals surface area contributed by atoms with Crippen LogP contribution in [0.4, 0.5) is 11.4 Å². The molecule has 1 fully saturated rings. The summed E-state index contributed by atoms with van der Waals surface area (Å²) in [4.78, 5) is 6.28. The van der Waals surface area contributed by atoms with E-state index in [1.165, 1.54) is 43.4 Å². The Hall–Kier alpha value is -2.03. The van der Waals surface area contributed by atoms with Crippen LogP contribution in [0, 0.1) is 5.92 Å². The van der Waals surface area contributed by atoms with E-state index in [4.69, 9.17) is 4.74 Å². The minimum Gasteiger partial charge on any atom is -0.493 e. The van der Waals surface area contributed by atoms with Gasteiger partial charge in [-0.15, -0.1) is 0 Å². The molecule has 1 aromatic heterocycles. The van der Waals surface area contributed by atoms with E-state index in [0.29, 0.717) is 0 Å². The van der Waals surface area contributed by atoms with Gasteiger partial charge in [0.1, 0.15) is 5.75 Å². The first-order valence-corrected chi connectivity index (χ1v) is 9.17. The minimum absolute atomic E-state index is 0.739. The molecule has 1 aliphatic carbocycles. The standard InChI is InChI=1S/C21H28N2O/c1-3-18-15-20(23(2)19-11-13-22-14-12-19)9-10-21(18)24-16-17-7-5-4-6-8-17/h9-15,17H,3-8,16H2,1-2H3. The average Bonchev–Trinajstić information content (AvgIpc) is 2.67. The highest BCUT2D eigenvalue weighted by atomic mass is 16.5. The molecule has 0 spiro atoms. The van der Waals surface area contributed by atoms with Gasteiger partial charge in [0.2, 0.25) is 0 Å². The van der Waals surface area contributed by atoms with Gasteiger partial charge in [0.05, 0.1) is 6.61 Å². The van der Waals surface area contributed by atoms with Gasteiger partial charge in [-0.1, -0.05) is 26.2 Å². The van der Waals surface area contributed by atoms with Crippen LogP contribution in [-0.2, 0) is 6.42 Å². The number of rotatable bonds is 6. The molecule has 0 radical (unpaired) electrons. The summed E-state index contributed by atoms with van der Waals surface area (Å²) in [5.74, 6) is 1.79. The van der Waals surface area contributed by atoms with Crippen LogP contribution >= 0.6 is 0 Å². The van der Waals surface area contributed by atoms with E-state index in [-0.39, 0.29) is 0 Å². The Morgan fingerprint density at radius 2 is 1.79 bits per heavy atom. The highest BCUT2D eigenvalue weighted by molar-refractivity contribution is 5.64. The second-order valence-electron chi connectivity index (χ2n) is 6.73. The molecule has 1 aromatic carbocycles. The molecule has 1 aliphatic rings. The van der Waals surface area contributed by atoms with E-state index < -0.39 is 0 Å². The number of nitrogens with zero attached hydrogens (tertiary/aromatic N) is 2. The number of aryl methyl sites for hydroxylation is 1. The summed E-state index contributed by atoms with van der Waals surface area (Å²) in [6.07, 6.45) is 11.4. The summed E-state index contributed by atoms with van der Waals surface area (Å²) >= 11 is 0. The molecule has 1 heterocycles. The first-order chi connectivity index (χ1) is 11.8. The van der Waals surface area contributed by atoms with Crippen LogP contribution in [-0.4, -0.2) is 18.6 Å². The molecule has 0 N–H and O–H groups in total. The number of aromatic nitrogens is 1. The molecule has 0 unspecified atom stereocenters. The number of hydrogen-bond acceptors (Lipinski definition) is 3. The first kappa shape index (κ1) is 16.8. The molecule has 3 rings (SSSR count). The summed E-state index contributed by atoms with van der Waals surface area (Å²) in [7, 11) is 2.09. The van der Waals surface area contributed by atoms with Crippen LogP contribution in [0.5, 0.6) is 5.75 Å². The molecule has 3 nitrogen and oxygen atoms in total. The second kappa shape index (κ2) is 8.18. The fourth-order valence-electron chi connectivity index (χ4n) is 3.47. The lowest BCUT2D eigenvalue weighted by molar-refractivity contribution is 0.207. The van der Waals surface area contributed by atoms with Gasteiger partial charge in [0.15, 0.2) is 0 Å². The lowest BCUT2D eigenvalue weighted by atomic mass is 9.90. The van der Waals surface area contributed by atoms with Crippen LogP contribution in [0.1, 0.15) is 44.6 Å². The van der Waals surface area contributed by atoms with Gasteiger partial charge in [-0.3, -0.25) is 4.98 Å². The topological polar surface area (TPSA) is 25.4 Å². The van der Waals surface area contributed by atoms with Crippen molar-refractivity contribution in [1.82, 2.24) is 4.98 Å². The monoisotopic (exact) mass is 324 g/mol. The molecule has 24 heavy (non-hydrogen) atoms. The minimum atomic E-state index is 0.739. The van der Waals surface area contributed by atoms with Crippen molar-refractivity contribution in [1.29, 1.82) is 0 Å². The SMILES string of the molecule is CCc1cc(N(C)c2ccncc2)ccc1OCC1CCCCC1. The Morgan fingerprint density at radius 3 is 2.50 bits per heavy atom. The average molecular weight is 324 g/mol. The van der Waals surface area contributed by atoms with Gasteiger partial charge in [0, 0.05) is 30.8 Å². The third-order valence-corrected chi connectivity index (χ3v) is 5.06. The number of ether oxygens (including phenoxy) is 1. The van der Waals surface area contributed by atoms with Crippen molar-refractivity contribution in [2.45, 2.75) is 45.4 Å². The Kier molecular flexibility index (Phi) is 5.73. The largest absolute Gasteiger partial charge is 0.493 e. The van der Waals surface area contributed by atoms with E-state index >= 15 is 0 Å². The molecule has 0 atom stereocenters. The lowest BCUT2D eigenvalue weighted by Crippen LogP contribution is -2.16. The maximum atomic E-state index is 6.18. The van der Waals surface area contributed by atoms with E-state index in [1.54, 1.807) is 0 Å². The summed E-state index contributed by atoms with van der Waals surface area (Å²) in [6.45, 7) is 3.06. The number of pyridine rings is 1. The molecular formula is C21H28N2O. The predicted molar refractivity (Wildman–Crippen MR) is 100 cm³/mol. The van der Waals surface area contributed by atoms with Crippen molar-refractivity contribution < 1.29 is 4.74 Å². The smallest absolute Gasteiger partial charge is 0.122 e. The Bertz CT molecular complexity index is 636. The summed E-state index contributed by atoms with van der Waals surface area (Å²) in [5.41, 5.74) is 3.61. The van der Waals surface area contributed by atoms with Crippen molar-refractivity contribution in [3.63, 3.8) is 0 Å². The normalized spacial score (nSPS) is 15.2. The van der Waals surface area contributed by atoms with E-state index in [2.05, 4.69) is 42.1 Å². The van der Waals surface area contributed by atoms with Crippen molar-refractivity contribution in [3.05, 3.63) is 48.3 Å². The maximum absolute atomic E-state index is 6.18. The van der Waals surface area contributed by atoms with Gasteiger partial charge >= 0.3 is 0 Å². The van der Waals surface area contributed by atoms with Crippen molar-refractivity contribution >= 4 is 11.4 Å². The van der Waals surface area contributed by atoms with Gasteiger partial charge in [-0.25, -0.2) is 0 Å². The molecule has 3 heteroatoms. The highest BCUT2D eigenvalue weighted by Crippen LogP contribution is 2.30. The number of anilines is 2. The summed E-state index contributed by atoms with van der Waals surface area (Å²) in [5, 5.41) is 0. The maximum Gasteiger partial charge on any atom is 0.122 e. The molecule has 2 aromatic rings. The fourth-order valence-corrected chi connectivity index (χ4v) is 3.47. The van der Waals surface area contributed by atoms with Crippen molar-refractivity contribution in [2.24, 2.45) is 5.92 Å². The van der Waals surface area contributed by atoms with E-state index in [9.17, 15) is 0 Å². The van der Waals surface area contributed by atoms with Gasteiger partial charge in [0.25, 0.3) is 0 Å². The van der Waals surface area contributed by atoms with Crippen molar-refractivity contribution in [2.75, 3.05) is 18.6 Å². The fraction of sp³-hybridized carbons (Fsp3) is 0.476. The summed E-state index contributed by atoms with van der Waals surface area (Å²) in [6, 6.07) is 10.6. The quantitative estimate of drug-likeness (QED) is 0.714. The molecule has 0 aliphatic heterocycles. The summed E-state index contributed by atoms with van der Waals surface area (Å²) < 4.78 is 6.18. The van der Waals surface area contributed by atoms with Crippen LogP contribution in [0.15, 0.2) is 42.7 Å². The Morgan fingerprint density at radius 1 is 1.04 bits per heavy atom. The van der Waals surface area contributed by atoms with E-state index in [1.807, 2.05) is 24.5 Å². The molecule has 0 saturated heterocycles. The van der Waals surface area contributed by atoms with Crippen molar-refractivity contribution in [3.8, 4) is 5.75 Å². The number of benzene rings is 1. The Balaban J connectivity index is 1.70. The van der Waals surface area contributed by atoms with E-state index in [0.717, 1.165) is 30.4 Å². The zero-order valence-electron chi connectivity index (χ0n) is 14.9. The van der Waals surface area contributed by atoms with Crippen LogP contribution in [0.3, 0.4) is 0 Å². The third kappa shape index (κ3) is 4.08.